The number of nitrogens with zero attached hydrogens (tertiary/aromatic N) is 3. The van der Waals surface area contributed by atoms with Crippen molar-refractivity contribution in [3.8, 4) is 0 Å². The van der Waals surface area contributed by atoms with E-state index in [0.29, 0.717) is 48.8 Å². The van der Waals surface area contributed by atoms with Crippen molar-refractivity contribution < 1.29 is 33.1 Å². The minimum absolute atomic E-state index is 0.0469. The molecule has 224 valence electrons. The number of anilines is 3. The van der Waals surface area contributed by atoms with E-state index in [9.17, 15) is 24.0 Å². The quantitative estimate of drug-likeness (QED) is 0.359. The van der Waals surface area contributed by atoms with Crippen molar-refractivity contribution in [3.05, 3.63) is 53.8 Å². The van der Waals surface area contributed by atoms with E-state index in [0.717, 1.165) is 0 Å². The molecule has 0 aromatic heterocycles. The third-order valence-electron chi connectivity index (χ3n) is 7.12. The van der Waals surface area contributed by atoms with Gasteiger partial charge < -0.3 is 30.9 Å². The molecule has 0 aliphatic carbocycles. The molecule has 2 heterocycles. The van der Waals surface area contributed by atoms with E-state index in [1.54, 1.807) is 48.2 Å². The summed E-state index contributed by atoms with van der Waals surface area (Å²) in [5.41, 5.74) is 7.23. The molecule has 0 spiro atoms. The fourth-order valence-corrected chi connectivity index (χ4v) is 4.73. The first-order chi connectivity index (χ1) is 20.0. The second-order valence-corrected chi connectivity index (χ2v) is 10.3. The van der Waals surface area contributed by atoms with E-state index in [1.807, 2.05) is 4.90 Å². The van der Waals surface area contributed by atoms with Crippen LogP contribution >= 0.6 is 0 Å². The Morgan fingerprint density at radius 2 is 1.74 bits per heavy atom. The van der Waals surface area contributed by atoms with Gasteiger partial charge in [0.1, 0.15) is 11.9 Å². The molecule has 2 aromatic carbocycles. The van der Waals surface area contributed by atoms with Crippen LogP contribution in [0.5, 0.6) is 0 Å². The molecule has 4 N–H and O–H groups in total. The molecular formula is C29H35FN6O6. The Morgan fingerprint density at radius 3 is 2.36 bits per heavy atom. The van der Waals surface area contributed by atoms with Crippen LogP contribution in [0.2, 0.25) is 0 Å². The average molecular weight is 583 g/mol. The number of hydrogen-bond acceptors (Lipinski definition) is 8. The van der Waals surface area contributed by atoms with E-state index in [2.05, 4.69) is 10.6 Å². The van der Waals surface area contributed by atoms with Crippen LogP contribution in [-0.4, -0.2) is 85.9 Å². The van der Waals surface area contributed by atoms with Gasteiger partial charge in [-0.1, -0.05) is 0 Å². The second-order valence-electron chi connectivity index (χ2n) is 10.3. The summed E-state index contributed by atoms with van der Waals surface area (Å²) in [6, 6.07) is 10.3. The van der Waals surface area contributed by atoms with E-state index < -0.39 is 24.1 Å². The molecule has 2 aliphatic heterocycles. The minimum atomic E-state index is -0.654. The van der Waals surface area contributed by atoms with Gasteiger partial charge in [0, 0.05) is 57.2 Å². The fraction of sp³-hybridized carbons (Fsp3) is 0.414. The number of hydrogen-bond donors (Lipinski definition) is 3. The fourth-order valence-electron chi connectivity index (χ4n) is 4.73. The van der Waals surface area contributed by atoms with Gasteiger partial charge in [0.05, 0.1) is 30.5 Å². The van der Waals surface area contributed by atoms with Gasteiger partial charge in [-0.15, -0.1) is 0 Å². The molecule has 4 amide bonds. The van der Waals surface area contributed by atoms with E-state index in [4.69, 9.17) is 10.5 Å². The maximum Gasteiger partial charge on any atom is 0.414 e. The molecule has 2 atom stereocenters. The lowest BCUT2D eigenvalue weighted by Gasteiger charge is -2.36. The van der Waals surface area contributed by atoms with Crippen LogP contribution in [0, 0.1) is 5.82 Å². The molecule has 0 radical (unpaired) electrons. The lowest BCUT2D eigenvalue weighted by Crippen LogP contribution is -2.49. The Morgan fingerprint density at radius 1 is 1.05 bits per heavy atom. The molecule has 2 saturated heterocycles. The van der Waals surface area contributed by atoms with Crippen molar-refractivity contribution in [1.29, 1.82) is 0 Å². The van der Waals surface area contributed by atoms with E-state index in [-0.39, 0.29) is 49.4 Å². The smallest absolute Gasteiger partial charge is 0.414 e. The van der Waals surface area contributed by atoms with Gasteiger partial charge >= 0.3 is 6.09 Å². The maximum absolute atomic E-state index is 15.1. The molecule has 0 saturated carbocycles. The van der Waals surface area contributed by atoms with Crippen molar-refractivity contribution in [3.63, 3.8) is 0 Å². The molecule has 1 unspecified atom stereocenters. The number of ketones is 1. The summed E-state index contributed by atoms with van der Waals surface area (Å²) in [4.78, 5) is 65.3. The predicted octanol–water partition coefficient (Wildman–Crippen LogP) is 1.88. The number of benzene rings is 2. The number of piperazine rings is 1. The summed E-state index contributed by atoms with van der Waals surface area (Å²) in [6.07, 6.45) is -1.03. The number of rotatable bonds is 10. The van der Waals surface area contributed by atoms with Gasteiger partial charge in [-0.3, -0.25) is 24.1 Å². The molecular weight excluding hydrogens is 547 g/mol. The van der Waals surface area contributed by atoms with Gasteiger partial charge in [0.25, 0.3) is 0 Å². The highest BCUT2D eigenvalue weighted by molar-refractivity contribution is 5.99. The first kappa shape index (κ1) is 30.4. The Bertz CT molecular complexity index is 1340. The van der Waals surface area contributed by atoms with Gasteiger partial charge in [-0.05, 0) is 49.4 Å². The van der Waals surface area contributed by atoms with Gasteiger partial charge in [0.15, 0.2) is 5.78 Å². The monoisotopic (exact) mass is 582 g/mol. The highest BCUT2D eigenvalue weighted by atomic mass is 19.1. The van der Waals surface area contributed by atoms with Crippen molar-refractivity contribution >= 4 is 46.7 Å². The molecule has 13 heteroatoms. The summed E-state index contributed by atoms with van der Waals surface area (Å²) in [5, 5.41) is 5.25. The highest BCUT2D eigenvalue weighted by Gasteiger charge is 2.33. The van der Waals surface area contributed by atoms with Crippen LogP contribution in [0.1, 0.15) is 37.0 Å². The summed E-state index contributed by atoms with van der Waals surface area (Å²) in [6.45, 7) is 4.90. The zero-order valence-electron chi connectivity index (χ0n) is 23.6. The van der Waals surface area contributed by atoms with Gasteiger partial charge in [-0.25, -0.2) is 9.18 Å². The lowest BCUT2D eigenvalue weighted by molar-refractivity contribution is -0.131. The molecule has 42 heavy (non-hydrogen) atoms. The topological polar surface area (TPSA) is 154 Å². The molecule has 2 aromatic rings. The number of cyclic esters (lactones) is 1. The summed E-state index contributed by atoms with van der Waals surface area (Å²) < 4.78 is 20.3. The maximum atomic E-state index is 15.1. The lowest BCUT2D eigenvalue weighted by atomic mass is 10.1. The third kappa shape index (κ3) is 7.60. The van der Waals surface area contributed by atoms with Crippen molar-refractivity contribution in [2.45, 2.75) is 38.8 Å². The van der Waals surface area contributed by atoms with Crippen LogP contribution in [0.3, 0.4) is 0 Å². The largest absolute Gasteiger partial charge is 0.442 e. The van der Waals surface area contributed by atoms with Crippen molar-refractivity contribution in [1.82, 2.24) is 10.2 Å². The van der Waals surface area contributed by atoms with Crippen molar-refractivity contribution in [2.24, 2.45) is 5.73 Å². The average Bonchev–Trinajstić information content (AvgIpc) is 3.35. The molecule has 4 rings (SSSR count). The summed E-state index contributed by atoms with van der Waals surface area (Å²) >= 11 is 0. The van der Waals surface area contributed by atoms with E-state index in [1.165, 1.54) is 17.9 Å². The predicted molar refractivity (Wildman–Crippen MR) is 154 cm³/mol. The number of Topliss-reactive ketones (excluding diaryl/α,β-unsaturated/α-hetero) is 1. The second kappa shape index (κ2) is 13.4. The standard InChI is InChI=1S/C29H35FN6O6/c1-18(31)28(40)33-21-5-3-20(4-6-21)26(38)9-10-27(39)35-13-11-34(12-14-35)25-8-7-22(15-24(25)30)36-17-23(42-29(36)41)16-32-19(2)37/h3-8,15,18,23H,9-14,16-17,31H2,1-2H3,(H,32,37)(H,33,40)/t18?,23-/m0/s1. The Hall–Kier alpha value is -4.52. The minimum Gasteiger partial charge on any atom is -0.442 e. The van der Waals surface area contributed by atoms with Crippen LogP contribution in [0.15, 0.2) is 42.5 Å². The SMILES string of the molecule is CC(=O)NC[C@H]1CN(c2ccc(N3CCN(C(=O)CCC(=O)c4ccc(NC(=O)C(C)N)cc4)CC3)c(F)c2)C(=O)O1. The Labute approximate surface area is 242 Å². The molecule has 12 nitrogen and oxygen atoms in total. The molecule has 2 aliphatic rings. The highest BCUT2D eigenvalue weighted by Crippen LogP contribution is 2.28. The summed E-state index contributed by atoms with van der Waals surface area (Å²) in [7, 11) is 0. The number of nitrogens with one attached hydrogen (secondary N) is 2. The van der Waals surface area contributed by atoms with Gasteiger partial charge in [-0.2, -0.15) is 0 Å². The normalized spacial score (nSPS) is 17.5. The van der Waals surface area contributed by atoms with Crippen LogP contribution in [-0.2, 0) is 19.1 Å². The number of carbonyl (C=O) groups is 5. The Kier molecular flexibility index (Phi) is 9.73. The van der Waals surface area contributed by atoms with Gasteiger partial charge in [0.2, 0.25) is 17.7 Å². The number of nitrogens with two attached hydrogens (primary N) is 1. The first-order valence-electron chi connectivity index (χ1n) is 13.8. The van der Waals surface area contributed by atoms with Crippen LogP contribution < -0.4 is 26.2 Å². The summed E-state index contributed by atoms with van der Waals surface area (Å²) in [5.74, 6) is -1.40. The number of carbonyl (C=O) groups excluding carboxylic acids is 5. The zero-order valence-corrected chi connectivity index (χ0v) is 23.6. The third-order valence-corrected chi connectivity index (χ3v) is 7.12. The zero-order chi connectivity index (χ0) is 30.4. The number of halogens is 1. The first-order valence-corrected chi connectivity index (χ1v) is 13.8. The van der Waals surface area contributed by atoms with E-state index >= 15 is 4.39 Å². The molecule has 2 fully saturated rings. The van der Waals surface area contributed by atoms with Crippen molar-refractivity contribution in [2.75, 3.05) is 54.4 Å². The van der Waals surface area contributed by atoms with Crippen LogP contribution in [0.25, 0.3) is 0 Å². The number of amides is 4. The molecule has 0 bridgehead atoms. The number of ether oxygens (including phenoxy) is 1. The Balaban J connectivity index is 1.24. The van der Waals surface area contributed by atoms with Crippen LogP contribution in [0.4, 0.5) is 26.2 Å².